The third-order valence-corrected chi connectivity index (χ3v) is 5.82. The first-order chi connectivity index (χ1) is 15.5. The second kappa shape index (κ2) is 9.28. The van der Waals surface area contributed by atoms with Crippen LogP contribution >= 0.6 is 0 Å². The average molecular weight is 434 g/mol. The van der Waals surface area contributed by atoms with Crippen LogP contribution in [0.25, 0.3) is 10.8 Å². The van der Waals surface area contributed by atoms with E-state index in [0.717, 1.165) is 42.6 Å². The normalized spacial score (nSPS) is 14.3. The fourth-order valence-corrected chi connectivity index (χ4v) is 3.96. The number of hydrogen-bond acceptors (Lipinski definition) is 6. The van der Waals surface area contributed by atoms with E-state index in [1.54, 1.807) is 19.2 Å². The van der Waals surface area contributed by atoms with Crippen LogP contribution in [0.2, 0.25) is 0 Å². The Kier molecular flexibility index (Phi) is 6.28. The molecule has 1 aliphatic rings. The SMILES string of the molecule is COC(=O)c1ccc(N2CCN(C)CC2)c(NC(=O)c2cc3ccccc3cc2OC)c1. The van der Waals surface area contributed by atoms with Crippen LogP contribution in [-0.4, -0.2) is 64.2 Å². The molecule has 7 heteroatoms. The summed E-state index contributed by atoms with van der Waals surface area (Å²) < 4.78 is 10.4. The van der Waals surface area contributed by atoms with Gasteiger partial charge >= 0.3 is 5.97 Å². The quantitative estimate of drug-likeness (QED) is 0.620. The maximum absolute atomic E-state index is 13.3. The highest BCUT2D eigenvalue weighted by Gasteiger charge is 2.21. The molecule has 1 N–H and O–H groups in total. The molecule has 1 heterocycles. The van der Waals surface area contributed by atoms with Gasteiger partial charge in [-0.3, -0.25) is 4.79 Å². The molecular formula is C25H27N3O4. The standard InChI is InChI=1S/C25H27N3O4/c1-27-10-12-28(13-11-27)22-9-8-19(25(30)32-3)15-21(22)26-24(29)20-14-17-6-4-5-7-18(17)16-23(20)31-2/h4-9,14-16H,10-13H2,1-3H3,(H,26,29). The Balaban J connectivity index is 1.71. The largest absolute Gasteiger partial charge is 0.496 e. The summed E-state index contributed by atoms with van der Waals surface area (Å²) in [6, 6.07) is 16.8. The summed E-state index contributed by atoms with van der Waals surface area (Å²) in [5.41, 5.74) is 2.25. The van der Waals surface area contributed by atoms with Crippen molar-refractivity contribution in [3.05, 3.63) is 65.7 Å². The molecule has 7 nitrogen and oxygen atoms in total. The molecule has 3 aromatic carbocycles. The van der Waals surface area contributed by atoms with Crippen LogP contribution < -0.4 is 15.0 Å². The number of piperazine rings is 1. The van der Waals surface area contributed by atoms with Crippen LogP contribution in [0.3, 0.4) is 0 Å². The van der Waals surface area contributed by atoms with Crippen LogP contribution in [0.1, 0.15) is 20.7 Å². The highest BCUT2D eigenvalue weighted by Crippen LogP contribution is 2.31. The van der Waals surface area contributed by atoms with E-state index in [2.05, 4.69) is 22.2 Å². The monoisotopic (exact) mass is 433 g/mol. The molecule has 1 fully saturated rings. The van der Waals surface area contributed by atoms with Gasteiger partial charge in [0.05, 0.1) is 36.7 Å². The Morgan fingerprint density at radius 1 is 0.906 bits per heavy atom. The Morgan fingerprint density at radius 3 is 2.25 bits per heavy atom. The average Bonchev–Trinajstić information content (AvgIpc) is 2.83. The number of esters is 1. The van der Waals surface area contributed by atoms with Crippen LogP contribution in [0, 0.1) is 0 Å². The molecule has 32 heavy (non-hydrogen) atoms. The van der Waals surface area contributed by atoms with Crippen molar-refractivity contribution in [2.75, 3.05) is 57.7 Å². The number of nitrogens with one attached hydrogen (secondary N) is 1. The zero-order chi connectivity index (χ0) is 22.7. The molecule has 0 bridgehead atoms. The zero-order valence-electron chi connectivity index (χ0n) is 18.6. The van der Waals surface area contributed by atoms with Crippen molar-refractivity contribution < 1.29 is 19.1 Å². The second-order valence-corrected chi connectivity index (χ2v) is 7.87. The molecule has 3 aromatic rings. The lowest BCUT2D eigenvalue weighted by molar-refractivity contribution is 0.0600. The Labute approximate surface area is 187 Å². The fourth-order valence-electron chi connectivity index (χ4n) is 3.96. The Bertz CT molecular complexity index is 1150. The molecule has 1 aliphatic heterocycles. The molecule has 0 atom stereocenters. The van der Waals surface area contributed by atoms with Crippen molar-refractivity contribution in [1.82, 2.24) is 4.90 Å². The lowest BCUT2D eigenvalue weighted by atomic mass is 10.0. The zero-order valence-corrected chi connectivity index (χ0v) is 18.6. The lowest BCUT2D eigenvalue weighted by Gasteiger charge is -2.35. The number of carbonyl (C=O) groups excluding carboxylic acids is 2. The number of amides is 1. The van der Waals surface area contributed by atoms with Gasteiger partial charge in [0.25, 0.3) is 5.91 Å². The molecule has 0 unspecified atom stereocenters. The Hall–Kier alpha value is -3.58. The van der Waals surface area contributed by atoms with Crippen molar-refractivity contribution in [1.29, 1.82) is 0 Å². The molecule has 166 valence electrons. The molecule has 1 saturated heterocycles. The van der Waals surface area contributed by atoms with Gasteiger partial charge < -0.3 is 24.6 Å². The van der Waals surface area contributed by atoms with Crippen LogP contribution in [-0.2, 0) is 4.74 Å². The molecule has 0 radical (unpaired) electrons. The molecule has 0 spiro atoms. The fraction of sp³-hybridized carbons (Fsp3) is 0.280. The van der Waals surface area contributed by atoms with E-state index in [0.29, 0.717) is 22.6 Å². The summed E-state index contributed by atoms with van der Waals surface area (Å²) >= 11 is 0. The summed E-state index contributed by atoms with van der Waals surface area (Å²) in [5, 5.41) is 4.95. The van der Waals surface area contributed by atoms with Gasteiger partial charge in [0.15, 0.2) is 0 Å². The maximum Gasteiger partial charge on any atom is 0.337 e. The van der Waals surface area contributed by atoms with Gasteiger partial charge in [-0.25, -0.2) is 4.79 Å². The lowest BCUT2D eigenvalue weighted by Crippen LogP contribution is -2.44. The van der Waals surface area contributed by atoms with E-state index in [9.17, 15) is 9.59 Å². The van der Waals surface area contributed by atoms with Crippen LogP contribution in [0.15, 0.2) is 54.6 Å². The number of benzene rings is 3. The minimum absolute atomic E-state index is 0.301. The summed E-state index contributed by atoms with van der Waals surface area (Å²) in [6.07, 6.45) is 0. The third kappa shape index (κ3) is 4.38. The van der Waals surface area contributed by atoms with Gasteiger partial charge in [0.2, 0.25) is 0 Å². The van der Waals surface area contributed by atoms with E-state index in [1.165, 1.54) is 7.11 Å². The van der Waals surface area contributed by atoms with Gasteiger partial charge in [-0.05, 0) is 48.2 Å². The van der Waals surface area contributed by atoms with Gasteiger partial charge in [-0.2, -0.15) is 0 Å². The van der Waals surface area contributed by atoms with Crippen LogP contribution in [0.5, 0.6) is 5.75 Å². The number of nitrogens with zero attached hydrogens (tertiary/aromatic N) is 2. The van der Waals surface area contributed by atoms with E-state index >= 15 is 0 Å². The first-order valence-electron chi connectivity index (χ1n) is 10.5. The van der Waals surface area contributed by atoms with E-state index in [1.807, 2.05) is 42.5 Å². The molecule has 0 aromatic heterocycles. The predicted molar refractivity (Wildman–Crippen MR) is 126 cm³/mol. The first-order valence-corrected chi connectivity index (χ1v) is 10.5. The number of anilines is 2. The van der Waals surface area contributed by atoms with Gasteiger partial charge in [-0.15, -0.1) is 0 Å². The van der Waals surface area contributed by atoms with Crippen LogP contribution in [0.4, 0.5) is 11.4 Å². The van der Waals surface area contributed by atoms with Gasteiger partial charge in [-0.1, -0.05) is 24.3 Å². The van der Waals surface area contributed by atoms with E-state index < -0.39 is 5.97 Å². The smallest absolute Gasteiger partial charge is 0.337 e. The highest BCUT2D eigenvalue weighted by atomic mass is 16.5. The van der Waals surface area contributed by atoms with Crippen molar-refractivity contribution in [2.45, 2.75) is 0 Å². The minimum Gasteiger partial charge on any atom is -0.496 e. The predicted octanol–water partition coefficient (Wildman–Crippen LogP) is 3.64. The van der Waals surface area contributed by atoms with Crippen molar-refractivity contribution >= 4 is 34.0 Å². The summed E-state index contributed by atoms with van der Waals surface area (Å²) in [5.74, 6) is -0.259. The summed E-state index contributed by atoms with van der Waals surface area (Å²) in [7, 11) is 4.98. The number of carbonyl (C=O) groups is 2. The number of ether oxygens (including phenoxy) is 2. The molecule has 0 aliphatic carbocycles. The summed E-state index contributed by atoms with van der Waals surface area (Å²) in [6.45, 7) is 3.50. The maximum atomic E-state index is 13.3. The number of fused-ring (bicyclic) bond motifs is 1. The van der Waals surface area contributed by atoms with Crippen molar-refractivity contribution in [3.8, 4) is 5.75 Å². The van der Waals surface area contributed by atoms with Gasteiger partial charge in [0.1, 0.15) is 5.75 Å². The molecule has 0 saturated carbocycles. The van der Waals surface area contributed by atoms with Gasteiger partial charge in [0, 0.05) is 26.2 Å². The number of methoxy groups -OCH3 is 2. The van der Waals surface area contributed by atoms with Crippen molar-refractivity contribution in [2.24, 2.45) is 0 Å². The third-order valence-electron chi connectivity index (χ3n) is 5.82. The number of hydrogen-bond donors (Lipinski definition) is 1. The molecular weight excluding hydrogens is 406 g/mol. The topological polar surface area (TPSA) is 71.1 Å². The Morgan fingerprint density at radius 2 is 1.59 bits per heavy atom. The summed E-state index contributed by atoms with van der Waals surface area (Å²) in [4.78, 5) is 29.9. The second-order valence-electron chi connectivity index (χ2n) is 7.87. The first kappa shape index (κ1) is 21.6. The molecule has 4 rings (SSSR count). The molecule has 1 amide bonds. The van der Waals surface area contributed by atoms with Crippen molar-refractivity contribution in [3.63, 3.8) is 0 Å². The number of likely N-dealkylation sites (N-methyl/N-ethyl adjacent to an activating group) is 1. The number of rotatable bonds is 5. The highest BCUT2D eigenvalue weighted by molar-refractivity contribution is 6.10. The van der Waals surface area contributed by atoms with E-state index in [-0.39, 0.29) is 5.91 Å². The van der Waals surface area contributed by atoms with E-state index in [4.69, 9.17) is 9.47 Å². The minimum atomic E-state index is -0.450.